The summed E-state index contributed by atoms with van der Waals surface area (Å²) in [7, 11) is -2.06. The molecule has 0 saturated carbocycles. The fourth-order valence-corrected chi connectivity index (χ4v) is 3.09. The minimum Gasteiger partial charge on any atom is -0.478 e. The first kappa shape index (κ1) is 13.6. The number of rotatable bonds is 2. The fourth-order valence-electron chi connectivity index (χ4n) is 2.18. The molecule has 0 aromatic heterocycles. The van der Waals surface area contributed by atoms with Crippen molar-refractivity contribution in [2.24, 2.45) is 5.14 Å². The van der Waals surface area contributed by atoms with Crippen molar-refractivity contribution in [2.75, 3.05) is 18.5 Å². The van der Waals surface area contributed by atoms with Crippen molar-refractivity contribution < 1.29 is 18.3 Å². The van der Waals surface area contributed by atoms with Crippen molar-refractivity contribution in [2.45, 2.75) is 6.92 Å². The largest absolute Gasteiger partial charge is 0.478 e. The molecular weight excluding hydrogens is 268 g/mol. The van der Waals surface area contributed by atoms with E-state index in [9.17, 15) is 13.2 Å². The first-order valence-electron chi connectivity index (χ1n) is 5.53. The Hall–Kier alpha value is -1.86. The van der Waals surface area contributed by atoms with Gasteiger partial charge in [-0.2, -0.15) is 0 Å². The van der Waals surface area contributed by atoms with Gasteiger partial charge in [-0.3, -0.25) is 0 Å². The van der Waals surface area contributed by atoms with Crippen LogP contribution in [-0.2, 0) is 10.0 Å². The Balaban J connectivity index is 2.72. The number of carboxylic acid groups (broad SMARTS) is 1. The number of hydrogen-bond donors (Lipinski definition) is 2. The van der Waals surface area contributed by atoms with E-state index in [1.165, 1.54) is 12.1 Å². The number of allylic oxidation sites excluding steroid dienone is 1. The maximum atomic E-state index is 11.5. The minimum absolute atomic E-state index is 0.113. The van der Waals surface area contributed by atoms with Gasteiger partial charge in [0.2, 0.25) is 10.0 Å². The van der Waals surface area contributed by atoms with Crippen LogP contribution in [0.2, 0.25) is 0 Å². The lowest BCUT2D eigenvalue weighted by molar-refractivity contribution is 0.0697. The van der Waals surface area contributed by atoms with Crippen molar-refractivity contribution in [3.8, 4) is 0 Å². The number of carboxylic acids is 1. The van der Waals surface area contributed by atoms with Gasteiger partial charge in [0.05, 0.1) is 17.0 Å². The number of anilines is 1. The van der Waals surface area contributed by atoms with Gasteiger partial charge in [-0.15, -0.1) is 0 Å². The predicted molar refractivity (Wildman–Crippen MR) is 72.4 cm³/mol. The number of primary sulfonamides is 1. The Bertz CT molecular complexity index is 692. The normalized spacial score (nSPS) is 15.4. The van der Waals surface area contributed by atoms with Crippen LogP contribution in [0.4, 0.5) is 5.69 Å². The molecule has 0 bridgehead atoms. The number of aromatic carboxylic acids is 1. The molecule has 0 saturated heterocycles. The third-order valence-electron chi connectivity index (χ3n) is 3.20. The molecule has 0 radical (unpaired) electrons. The lowest BCUT2D eigenvalue weighted by atomic mass is 9.98. The molecule has 102 valence electrons. The van der Waals surface area contributed by atoms with Crippen LogP contribution in [0.15, 0.2) is 23.1 Å². The van der Waals surface area contributed by atoms with Gasteiger partial charge in [-0.05, 0) is 30.7 Å². The highest BCUT2D eigenvalue weighted by atomic mass is 32.2. The maximum absolute atomic E-state index is 11.5. The zero-order chi connectivity index (χ0) is 14.4. The number of hydrogen-bond acceptors (Lipinski definition) is 4. The zero-order valence-corrected chi connectivity index (χ0v) is 11.4. The summed E-state index contributed by atoms with van der Waals surface area (Å²) < 4.78 is 23.1. The van der Waals surface area contributed by atoms with Crippen molar-refractivity contribution in [3.63, 3.8) is 0 Å². The standard InChI is InChI=1S/C12H14N2O4S/c1-7-9-5-8(12(15)16)3-4-10(9)14(2)6-11(7)19(13,17)18/h3-5H,6H2,1-2H3,(H,15,16)(H2,13,17,18). The van der Waals surface area contributed by atoms with E-state index >= 15 is 0 Å². The number of fused-ring (bicyclic) bond motifs is 1. The highest BCUT2D eigenvalue weighted by Gasteiger charge is 2.26. The zero-order valence-electron chi connectivity index (χ0n) is 10.5. The smallest absolute Gasteiger partial charge is 0.335 e. The summed E-state index contributed by atoms with van der Waals surface area (Å²) in [6, 6.07) is 4.63. The molecule has 1 aliphatic heterocycles. The van der Waals surface area contributed by atoms with Crippen molar-refractivity contribution >= 4 is 27.3 Å². The van der Waals surface area contributed by atoms with Crippen LogP contribution in [0.5, 0.6) is 0 Å². The topological polar surface area (TPSA) is 101 Å². The quantitative estimate of drug-likeness (QED) is 0.837. The molecule has 1 aromatic rings. The van der Waals surface area contributed by atoms with Crippen LogP contribution in [0.1, 0.15) is 22.8 Å². The second-order valence-corrected chi connectivity index (χ2v) is 6.07. The second-order valence-electron chi connectivity index (χ2n) is 4.49. The van der Waals surface area contributed by atoms with Gasteiger partial charge in [-0.1, -0.05) is 0 Å². The summed E-state index contributed by atoms with van der Waals surface area (Å²) in [6.07, 6.45) is 0. The Labute approximate surface area is 111 Å². The third-order valence-corrected chi connectivity index (χ3v) is 4.32. The molecule has 2 rings (SSSR count). The van der Waals surface area contributed by atoms with Gasteiger partial charge in [0, 0.05) is 18.3 Å². The van der Waals surface area contributed by atoms with Gasteiger partial charge in [0.25, 0.3) is 0 Å². The average molecular weight is 282 g/mol. The van der Waals surface area contributed by atoms with Gasteiger partial charge in [0.15, 0.2) is 0 Å². The van der Waals surface area contributed by atoms with Crippen molar-refractivity contribution in [1.29, 1.82) is 0 Å². The van der Waals surface area contributed by atoms with E-state index in [1.54, 1.807) is 24.9 Å². The van der Waals surface area contributed by atoms with E-state index < -0.39 is 16.0 Å². The number of likely N-dealkylation sites (N-methyl/N-ethyl adjacent to an activating group) is 1. The van der Waals surface area contributed by atoms with Gasteiger partial charge < -0.3 is 10.0 Å². The molecule has 1 aromatic carbocycles. The summed E-state index contributed by atoms with van der Waals surface area (Å²) in [5, 5.41) is 14.2. The number of carbonyl (C=O) groups is 1. The number of nitrogens with two attached hydrogens (primary N) is 1. The molecular formula is C12H14N2O4S. The summed E-state index contributed by atoms with van der Waals surface area (Å²) in [5.74, 6) is -1.05. The van der Waals surface area contributed by atoms with Gasteiger partial charge >= 0.3 is 5.97 Å². The van der Waals surface area contributed by atoms with E-state index in [0.717, 1.165) is 5.69 Å². The van der Waals surface area contributed by atoms with Crippen LogP contribution in [0, 0.1) is 0 Å². The molecule has 6 nitrogen and oxygen atoms in total. The SMILES string of the molecule is CC1=C(S(N)(=O)=O)CN(C)c2ccc(C(=O)O)cc21. The number of nitrogens with zero attached hydrogens (tertiary/aromatic N) is 1. The molecule has 19 heavy (non-hydrogen) atoms. The van der Waals surface area contributed by atoms with E-state index in [0.29, 0.717) is 11.1 Å². The third kappa shape index (κ3) is 2.34. The lowest BCUT2D eigenvalue weighted by Gasteiger charge is -2.29. The molecule has 0 atom stereocenters. The predicted octanol–water partition coefficient (Wildman–Crippen LogP) is 0.854. The Morgan fingerprint density at radius 3 is 2.58 bits per heavy atom. The molecule has 1 heterocycles. The molecule has 0 amide bonds. The lowest BCUT2D eigenvalue weighted by Crippen LogP contribution is -2.31. The summed E-state index contributed by atoms with van der Waals surface area (Å²) in [6.45, 7) is 1.82. The van der Waals surface area contributed by atoms with Crippen LogP contribution in [-0.4, -0.2) is 33.1 Å². The highest BCUT2D eigenvalue weighted by molar-refractivity contribution is 7.93. The second kappa shape index (κ2) is 4.36. The monoisotopic (exact) mass is 282 g/mol. The van der Waals surface area contributed by atoms with E-state index in [-0.39, 0.29) is 17.0 Å². The highest BCUT2D eigenvalue weighted by Crippen LogP contribution is 2.35. The molecule has 0 fully saturated rings. The number of sulfonamides is 1. The Morgan fingerprint density at radius 2 is 2.05 bits per heavy atom. The fraction of sp³-hybridized carbons (Fsp3) is 0.250. The first-order chi connectivity index (χ1) is 8.71. The van der Waals surface area contributed by atoms with Gasteiger partial charge in [0.1, 0.15) is 0 Å². The minimum atomic E-state index is -3.79. The van der Waals surface area contributed by atoms with Gasteiger partial charge in [-0.25, -0.2) is 18.4 Å². The maximum Gasteiger partial charge on any atom is 0.335 e. The van der Waals surface area contributed by atoms with Crippen LogP contribution >= 0.6 is 0 Å². The molecule has 7 heteroatoms. The molecule has 0 spiro atoms. The Morgan fingerprint density at radius 1 is 1.42 bits per heavy atom. The summed E-state index contributed by atoms with van der Waals surface area (Å²) >= 11 is 0. The first-order valence-corrected chi connectivity index (χ1v) is 7.08. The van der Waals surface area contributed by atoms with Crippen molar-refractivity contribution in [1.82, 2.24) is 0 Å². The molecule has 0 aliphatic carbocycles. The van der Waals surface area contributed by atoms with Crippen LogP contribution in [0.3, 0.4) is 0 Å². The summed E-state index contributed by atoms with van der Waals surface area (Å²) in [5.41, 5.74) is 1.98. The molecule has 0 unspecified atom stereocenters. The van der Waals surface area contributed by atoms with E-state index in [1.807, 2.05) is 0 Å². The van der Waals surface area contributed by atoms with Crippen LogP contribution < -0.4 is 10.0 Å². The van der Waals surface area contributed by atoms with Crippen LogP contribution in [0.25, 0.3) is 5.57 Å². The molecule has 3 N–H and O–H groups in total. The number of benzene rings is 1. The summed E-state index contributed by atoms with van der Waals surface area (Å²) in [4.78, 5) is 12.8. The van der Waals surface area contributed by atoms with E-state index in [2.05, 4.69) is 0 Å². The molecule has 1 aliphatic rings. The van der Waals surface area contributed by atoms with E-state index in [4.69, 9.17) is 10.2 Å². The average Bonchev–Trinajstić information content (AvgIpc) is 2.31. The Kier molecular flexibility index (Phi) is 3.11. The van der Waals surface area contributed by atoms with Crippen molar-refractivity contribution in [3.05, 3.63) is 34.2 Å².